The molecule has 1 N–H and O–H groups in total. The zero-order chi connectivity index (χ0) is 14.0. The second-order valence-corrected chi connectivity index (χ2v) is 4.76. The third-order valence-electron chi connectivity index (χ3n) is 3.00. The summed E-state index contributed by atoms with van der Waals surface area (Å²) < 4.78 is 18.2. The average molecular weight is 285 g/mol. The predicted molar refractivity (Wildman–Crippen MR) is 69.4 cm³/mol. The second kappa shape index (κ2) is 5.67. The van der Waals surface area contributed by atoms with Gasteiger partial charge in [0, 0.05) is 5.56 Å². The highest BCUT2D eigenvalue weighted by molar-refractivity contribution is 6.31. The lowest BCUT2D eigenvalue weighted by Gasteiger charge is -2.11. The Balaban J connectivity index is 2.27. The third kappa shape index (κ3) is 2.93. The highest BCUT2D eigenvalue weighted by Gasteiger charge is 2.21. The summed E-state index contributed by atoms with van der Waals surface area (Å²) in [5, 5.41) is 13.6. The summed E-state index contributed by atoms with van der Waals surface area (Å²) in [4.78, 5) is 4.20. The first-order valence-electron chi connectivity index (χ1n) is 6.00. The number of aliphatic hydroxyl groups excluding tert-OH is 1. The van der Waals surface area contributed by atoms with Crippen molar-refractivity contribution in [3.63, 3.8) is 0 Å². The molecule has 0 spiro atoms. The molecule has 0 saturated carbocycles. The van der Waals surface area contributed by atoms with Crippen molar-refractivity contribution < 1.29 is 14.0 Å². The van der Waals surface area contributed by atoms with E-state index in [0.29, 0.717) is 23.7 Å². The summed E-state index contributed by atoms with van der Waals surface area (Å²) in [5.41, 5.74) is 0.569. The van der Waals surface area contributed by atoms with E-state index in [2.05, 4.69) is 10.1 Å². The average Bonchev–Trinajstić information content (AvgIpc) is 2.89. The fourth-order valence-corrected chi connectivity index (χ4v) is 1.87. The number of nitrogens with zero attached hydrogens (tertiary/aromatic N) is 2. The molecule has 0 radical (unpaired) electrons. The van der Waals surface area contributed by atoms with Crippen molar-refractivity contribution in [3.8, 4) is 11.4 Å². The van der Waals surface area contributed by atoms with Crippen molar-refractivity contribution in [2.24, 2.45) is 0 Å². The molecule has 19 heavy (non-hydrogen) atoms. The highest BCUT2D eigenvalue weighted by Crippen LogP contribution is 2.25. The van der Waals surface area contributed by atoms with Crippen molar-refractivity contribution in [1.29, 1.82) is 0 Å². The van der Waals surface area contributed by atoms with Crippen LogP contribution in [0.15, 0.2) is 22.7 Å². The van der Waals surface area contributed by atoms with Gasteiger partial charge in [0.25, 0.3) is 0 Å². The third-order valence-corrected chi connectivity index (χ3v) is 3.29. The Morgan fingerprint density at radius 3 is 2.84 bits per heavy atom. The van der Waals surface area contributed by atoms with Gasteiger partial charge < -0.3 is 9.63 Å². The number of benzene rings is 1. The van der Waals surface area contributed by atoms with Gasteiger partial charge in [-0.1, -0.05) is 30.6 Å². The molecule has 0 aliphatic carbocycles. The van der Waals surface area contributed by atoms with Crippen LogP contribution < -0.4 is 0 Å². The lowest BCUT2D eigenvalue weighted by molar-refractivity contribution is 0.129. The minimum Gasteiger partial charge on any atom is -0.392 e. The van der Waals surface area contributed by atoms with E-state index in [1.54, 1.807) is 0 Å². The number of rotatable bonds is 4. The minimum absolute atomic E-state index is 0.00508. The smallest absolute Gasteiger partial charge is 0.232 e. The van der Waals surface area contributed by atoms with Crippen molar-refractivity contribution in [3.05, 3.63) is 34.9 Å². The molecule has 2 atom stereocenters. The summed E-state index contributed by atoms with van der Waals surface area (Å²) in [6.07, 6.45) is 0.0615. The molecule has 0 aliphatic rings. The first-order chi connectivity index (χ1) is 9.02. The summed E-state index contributed by atoms with van der Waals surface area (Å²) in [7, 11) is 0. The molecule has 2 aromatic rings. The van der Waals surface area contributed by atoms with Crippen LogP contribution in [0, 0.1) is 5.82 Å². The van der Waals surface area contributed by atoms with Gasteiger partial charge in [-0.3, -0.25) is 0 Å². The Morgan fingerprint density at radius 2 is 2.21 bits per heavy atom. The van der Waals surface area contributed by atoms with Crippen LogP contribution in [0.3, 0.4) is 0 Å². The van der Waals surface area contributed by atoms with Crippen LogP contribution >= 0.6 is 11.6 Å². The zero-order valence-corrected chi connectivity index (χ0v) is 11.4. The minimum atomic E-state index is -0.537. The van der Waals surface area contributed by atoms with Gasteiger partial charge in [-0.2, -0.15) is 4.98 Å². The van der Waals surface area contributed by atoms with Gasteiger partial charge in [0.05, 0.1) is 17.0 Å². The quantitative estimate of drug-likeness (QED) is 0.935. The Hall–Kier alpha value is -1.46. The van der Waals surface area contributed by atoms with E-state index in [1.807, 2.05) is 13.8 Å². The molecule has 4 nitrogen and oxygen atoms in total. The molecule has 6 heteroatoms. The van der Waals surface area contributed by atoms with Crippen molar-refractivity contribution in [2.75, 3.05) is 0 Å². The van der Waals surface area contributed by atoms with E-state index < -0.39 is 11.9 Å². The van der Waals surface area contributed by atoms with Crippen molar-refractivity contribution in [1.82, 2.24) is 10.1 Å². The topological polar surface area (TPSA) is 59.2 Å². The number of halogens is 2. The van der Waals surface area contributed by atoms with E-state index >= 15 is 0 Å². The Kier molecular flexibility index (Phi) is 4.17. The largest absolute Gasteiger partial charge is 0.392 e. The molecule has 0 bridgehead atoms. The fraction of sp³-hybridized carbons (Fsp3) is 0.385. The monoisotopic (exact) mass is 284 g/mol. The van der Waals surface area contributed by atoms with E-state index in [4.69, 9.17) is 16.1 Å². The van der Waals surface area contributed by atoms with Crippen LogP contribution in [-0.2, 0) is 0 Å². The fourth-order valence-electron chi connectivity index (χ4n) is 1.69. The standard InChI is InChI=1S/C13H14ClFN2O2/c1-3-11(18)7(2)13-16-12(17-19-13)8-4-5-10(15)9(14)6-8/h4-7,11,18H,3H2,1-2H3. The van der Waals surface area contributed by atoms with E-state index in [0.717, 1.165) is 0 Å². The van der Waals surface area contributed by atoms with Crippen molar-refractivity contribution in [2.45, 2.75) is 32.3 Å². The van der Waals surface area contributed by atoms with E-state index in [-0.39, 0.29) is 10.9 Å². The van der Waals surface area contributed by atoms with Gasteiger partial charge in [-0.25, -0.2) is 4.39 Å². The molecule has 0 amide bonds. The molecular formula is C13H14ClFN2O2. The van der Waals surface area contributed by atoms with Gasteiger partial charge in [-0.05, 0) is 24.6 Å². The zero-order valence-electron chi connectivity index (χ0n) is 10.6. The second-order valence-electron chi connectivity index (χ2n) is 4.35. The summed E-state index contributed by atoms with van der Waals surface area (Å²) in [5.74, 6) is -0.0667. The van der Waals surface area contributed by atoms with E-state index in [9.17, 15) is 9.50 Å². The molecule has 2 rings (SSSR count). The number of aliphatic hydroxyl groups is 1. The van der Waals surface area contributed by atoms with Gasteiger partial charge >= 0.3 is 0 Å². The lowest BCUT2D eigenvalue weighted by atomic mass is 10.0. The Labute approximate surface area is 115 Å². The van der Waals surface area contributed by atoms with Crippen molar-refractivity contribution >= 4 is 11.6 Å². The Bertz CT molecular complexity index is 574. The Morgan fingerprint density at radius 1 is 1.47 bits per heavy atom. The first-order valence-corrected chi connectivity index (χ1v) is 6.37. The van der Waals surface area contributed by atoms with Gasteiger partial charge in [0.15, 0.2) is 0 Å². The highest BCUT2D eigenvalue weighted by atomic mass is 35.5. The lowest BCUT2D eigenvalue weighted by Crippen LogP contribution is -2.14. The number of aromatic nitrogens is 2. The maximum Gasteiger partial charge on any atom is 0.232 e. The number of hydrogen-bond donors (Lipinski definition) is 1. The van der Waals surface area contributed by atoms with Gasteiger partial charge in [-0.15, -0.1) is 0 Å². The summed E-state index contributed by atoms with van der Waals surface area (Å²) in [6, 6.07) is 4.21. The number of hydrogen-bond acceptors (Lipinski definition) is 4. The van der Waals surface area contributed by atoms with Crippen LogP contribution in [0.2, 0.25) is 5.02 Å². The molecule has 102 valence electrons. The normalized spacial score (nSPS) is 14.4. The molecular weight excluding hydrogens is 271 g/mol. The molecule has 0 saturated heterocycles. The van der Waals surface area contributed by atoms with Crippen LogP contribution in [0.4, 0.5) is 4.39 Å². The molecule has 2 unspecified atom stereocenters. The maximum atomic E-state index is 13.1. The van der Waals surface area contributed by atoms with Crippen LogP contribution in [0.5, 0.6) is 0 Å². The molecule has 1 heterocycles. The van der Waals surface area contributed by atoms with Crippen LogP contribution in [-0.4, -0.2) is 21.4 Å². The molecule has 0 fully saturated rings. The first kappa shape index (κ1) is 14.0. The van der Waals surface area contributed by atoms with Crippen LogP contribution in [0.1, 0.15) is 32.1 Å². The predicted octanol–water partition coefficient (Wildman–Crippen LogP) is 3.40. The summed E-state index contributed by atoms with van der Waals surface area (Å²) in [6.45, 7) is 3.68. The molecule has 0 aliphatic heterocycles. The van der Waals surface area contributed by atoms with Gasteiger partial charge in [0.1, 0.15) is 5.82 Å². The SMILES string of the molecule is CCC(O)C(C)c1nc(-c2ccc(F)c(Cl)c2)no1. The molecule has 1 aromatic carbocycles. The maximum absolute atomic E-state index is 13.1. The van der Waals surface area contributed by atoms with Gasteiger partial charge in [0.2, 0.25) is 11.7 Å². The van der Waals surface area contributed by atoms with E-state index in [1.165, 1.54) is 18.2 Å². The summed E-state index contributed by atoms with van der Waals surface area (Å²) >= 11 is 5.70. The molecule has 1 aromatic heterocycles. The van der Waals surface area contributed by atoms with Crippen LogP contribution in [0.25, 0.3) is 11.4 Å².